The lowest BCUT2D eigenvalue weighted by molar-refractivity contribution is 0.102. The Bertz CT molecular complexity index is 692. The molecule has 0 aliphatic carbocycles. The number of hydrogen-bond donors (Lipinski definition) is 1. The zero-order valence-electron chi connectivity index (χ0n) is 10.3. The molecule has 0 fully saturated rings. The number of carbonyl (C=O) groups excluding carboxylic acids is 2. The van der Waals surface area contributed by atoms with E-state index in [1.54, 1.807) is 30.3 Å². The molecule has 0 radical (unpaired) electrons. The highest BCUT2D eigenvalue weighted by molar-refractivity contribution is 6.08. The van der Waals surface area contributed by atoms with Gasteiger partial charge in [0.15, 0.2) is 5.75 Å². The number of aldehydes is 1. The van der Waals surface area contributed by atoms with E-state index < -0.39 is 0 Å². The maximum atomic E-state index is 12.1. The Morgan fingerprint density at radius 1 is 1.11 bits per heavy atom. The first-order chi connectivity index (χ1) is 9.17. The summed E-state index contributed by atoms with van der Waals surface area (Å²) in [5, 5.41) is 2.77. The summed E-state index contributed by atoms with van der Waals surface area (Å²) in [6, 6.07) is 10.3. The van der Waals surface area contributed by atoms with Gasteiger partial charge in [-0.2, -0.15) is 0 Å². The largest absolute Gasteiger partial charge is 0.454 e. The lowest BCUT2D eigenvalue weighted by atomic mass is 10.1. The van der Waals surface area contributed by atoms with E-state index in [1.807, 2.05) is 13.0 Å². The van der Waals surface area contributed by atoms with Crippen LogP contribution in [0.5, 0.6) is 11.5 Å². The van der Waals surface area contributed by atoms with Crippen molar-refractivity contribution in [3.63, 3.8) is 0 Å². The molecule has 0 bridgehead atoms. The second kappa shape index (κ2) is 4.24. The van der Waals surface area contributed by atoms with Gasteiger partial charge in [0, 0.05) is 5.56 Å². The molecule has 4 heteroatoms. The van der Waals surface area contributed by atoms with E-state index in [0.717, 1.165) is 11.8 Å². The predicted octanol–water partition coefficient (Wildman–Crippen LogP) is 3.17. The van der Waals surface area contributed by atoms with Crippen LogP contribution in [0.3, 0.4) is 0 Å². The minimum atomic E-state index is -0.215. The maximum Gasteiger partial charge on any atom is 0.259 e. The van der Waals surface area contributed by atoms with Crippen LogP contribution in [0.2, 0.25) is 0 Å². The summed E-state index contributed by atoms with van der Waals surface area (Å²) in [4.78, 5) is 22.9. The van der Waals surface area contributed by atoms with Crippen LogP contribution in [-0.2, 0) is 0 Å². The minimum Gasteiger partial charge on any atom is -0.454 e. The Kier molecular flexibility index (Phi) is 2.56. The molecule has 1 heterocycles. The van der Waals surface area contributed by atoms with Crippen LogP contribution >= 0.6 is 0 Å². The molecule has 1 aliphatic rings. The maximum absolute atomic E-state index is 12.1. The third-order valence-corrected chi connectivity index (χ3v) is 2.99. The Morgan fingerprint density at radius 3 is 2.74 bits per heavy atom. The zero-order valence-corrected chi connectivity index (χ0v) is 10.3. The number of amides is 1. The molecule has 2 aromatic rings. The van der Waals surface area contributed by atoms with Gasteiger partial charge in [0.1, 0.15) is 12.0 Å². The summed E-state index contributed by atoms with van der Waals surface area (Å²) in [6.07, 6.45) is 0.744. The van der Waals surface area contributed by atoms with E-state index in [1.165, 1.54) is 0 Å². The van der Waals surface area contributed by atoms with Crippen LogP contribution in [-0.4, -0.2) is 12.2 Å². The first-order valence-corrected chi connectivity index (χ1v) is 5.86. The fourth-order valence-corrected chi connectivity index (χ4v) is 2.01. The van der Waals surface area contributed by atoms with E-state index in [0.29, 0.717) is 28.3 Å². The van der Waals surface area contributed by atoms with E-state index >= 15 is 0 Å². The Labute approximate surface area is 110 Å². The lowest BCUT2D eigenvalue weighted by Crippen LogP contribution is -2.10. The van der Waals surface area contributed by atoms with Crippen LogP contribution < -0.4 is 10.1 Å². The number of aryl methyl sites for hydroxylation is 1. The van der Waals surface area contributed by atoms with E-state index in [2.05, 4.69) is 5.32 Å². The highest BCUT2D eigenvalue weighted by atomic mass is 16.5. The Balaban J connectivity index is 2.16. The summed E-state index contributed by atoms with van der Waals surface area (Å²) < 4.78 is 5.75. The molecule has 0 saturated heterocycles. The Morgan fingerprint density at radius 2 is 1.95 bits per heavy atom. The van der Waals surface area contributed by atoms with Crippen LogP contribution in [0.15, 0.2) is 36.4 Å². The van der Waals surface area contributed by atoms with Gasteiger partial charge < -0.3 is 10.1 Å². The number of ether oxygens (including phenoxy) is 1. The zero-order chi connectivity index (χ0) is 13.4. The van der Waals surface area contributed by atoms with E-state index in [-0.39, 0.29) is 5.91 Å². The molecule has 0 atom stereocenters. The van der Waals surface area contributed by atoms with Crippen molar-refractivity contribution in [3.8, 4) is 11.5 Å². The summed E-state index contributed by atoms with van der Waals surface area (Å²) >= 11 is 0. The number of rotatable bonds is 1. The molecule has 0 saturated carbocycles. The molecular formula is C15H11NO3. The number of fused-ring (bicyclic) bond motifs is 2. The summed E-state index contributed by atoms with van der Waals surface area (Å²) in [6.45, 7) is 1.93. The highest BCUT2D eigenvalue weighted by Crippen LogP contribution is 2.36. The van der Waals surface area contributed by atoms with Gasteiger partial charge in [0.25, 0.3) is 5.91 Å². The van der Waals surface area contributed by atoms with Gasteiger partial charge in [0.05, 0.1) is 11.3 Å². The van der Waals surface area contributed by atoms with Crippen LogP contribution in [0.1, 0.15) is 26.3 Å². The Hall–Kier alpha value is -2.62. The topological polar surface area (TPSA) is 55.4 Å². The van der Waals surface area contributed by atoms with Gasteiger partial charge in [-0.25, -0.2) is 0 Å². The van der Waals surface area contributed by atoms with E-state index in [4.69, 9.17) is 4.74 Å². The van der Waals surface area contributed by atoms with Crippen molar-refractivity contribution in [2.45, 2.75) is 6.92 Å². The molecule has 94 valence electrons. The average molecular weight is 253 g/mol. The lowest BCUT2D eigenvalue weighted by Gasteiger charge is -2.08. The van der Waals surface area contributed by atoms with E-state index in [9.17, 15) is 9.59 Å². The van der Waals surface area contributed by atoms with Gasteiger partial charge in [-0.05, 0) is 42.8 Å². The summed E-state index contributed by atoms with van der Waals surface area (Å²) in [7, 11) is 0. The number of anilines is 1. The molecule has 0 aromatic heterocycles. The molecule has 1 N–H and O–H groups in total. The van der Waals surface area contributed by atoms with Crippen molar-refractivity contribution in [1.82, 2.24) is 0 Å². The second-order valence-electron chi connectivity index (χ2n) is 4.43. The molecule has 2 aromatic carbocycles. The quantitative estimate of drug-likeness (QED) is 0.794. The van der Waals surface area contributed by atoms with Crippen LogP contribution in [0.25, 0.3) is 0 Å². The summed E-state index contributed by atoms with van der Waals surface area (Å²) in [5.74, 6) is 0.759. The molecule has 0 unspecified atom stereocenters. The molecule has 1 aliphatic heterocycles. The molecule has 19 heavy (non-hydrogen) atoms. The highest BCUT2D eigenvalue weighted by Gasteiger charge is 2.20. The van der Waals surface area contributed by atoms with Crippen molar-refractivity contribution in [3.05, 3.63) is 53.1 Å². The first kappa shape index (κ1) is 11.5. The van der Waals surface area contributed by atoms with Crippen molar-refractivity contribution in [2.24, 2.45) is 0 Å². The fraction of sp³-hybridized carbons (Fsp3) is 0.0667. The number of carbonyl (C=O) groups is 2. The molecule has 3 rings (SSSR count). The standard InChI is InChI=1S/C15H11NO3/c1-9-2-4-11-13(6-9)19-14-7-10(8-17)3-5-12(14)16-15(11)18/h2-8H,1H3,(H,16,18). The van der Waals surface area contributed by atoms with Gasteiger partial charge in [0.2, 0.25) is 0 Å². The molecule has 1 amide bonds. The monoisotopic (exact) mass is 253 g/mol. The van der Waals surface area contributed by atoms with Gasteiger partial charge in [-0.15, -0.1) is 0 Å². The third kappa shape index (κ3) is 1.97. The predicted molar refractivity (Wildman–Crippen MR) is 71.0 cm³/mol. The summed E-state index contributed by atoms with van der Waals surface area (Å²) in [5.41, 5.74) is 2.55. The smallest absolute Gasteiger partial charge is 0.259 e. The molecular weight excluding hydrogens is 242 g/mol. The first-order valence-electron chi connectivity index (χ1n) is 5.86. The average Bonchev–Trinajstić information content (AvgIpc) is 2.53. The van der Waals surface area contributed by atoms with Crippen LogP contribution in [0.4, 0.5) is 5.69 Å². The minimum absolute atomic E-state index is 0.215. The number of benzene rings is 2. The number of nitrogens with one attached hydrogen (secondary N) is 1. The van der Waals surface area contributed by atoms with Crippen molar-refractivity contribution in [1.29, 1.82) is 0 Å². The van der Waals surface area contributed by atoms with Crippen LogP contribution in [0, 0.1) is 6.92 Å². The van der Waals surface area contributed by atoms with Gasteiger partial charge in [-0.1, -0.05) is 6.07 Å². The third-order valence-electron chi connectivity index (χ3n) is 2.99. The van der Waals surface area contributed by atoms with Crippen molar-refractivity contribution >= 4 is 17.9 Å². The van der Waals surface area contributed by atoms with Crippen molar-refractivity contribution < 1.29 is 14.3 Å². The molecule has 4 nitrogen and oxygen atoms in total. The van der Waals surface area contributed by atoms with Gasteiger partial charge in [-0.3, -0.25) is 9.59 Å². The number of hydrogen-bond acceptors (Lipinski definition) is 3. The second-order valence-corrected chi connectivity index (χ2v) is 4.43. The van der Waals surface area contributed by atoms with Gasteiger partial charge >= 0.3 is 0 Å². The normalized spacial score (nSPS) is 12.6. The SMILES string of the molecule is Cc1ccc2c(c1)Oc1cc(C=O)ccc1NC2=O. The van der Waals surface area contributed by atoms with Crippen molar-refractivity contribution in [2.75, 3.05) is 5.32 Å². The fourth-order valence-electron chi connectivity index (χ4n) is 2.01. The molecule has 0 spiro atoms.